The van der Waals surface area contributed by atoms with Crippen molar-refractivity contribution in [1.29, 1.82) is 0 Å². The molecule has 4 fully saturated rings. The highest BCUT2D eigenvalue weighted by molar-refractivity contribution is 5.13. The summed E-state index contributed by atoms with van der Waals surface area (Å²) in [4.78, 5) is 4.57. The van der Waals surface area contributed by atoms with Crippen molar-refractivity contribution in [2.24, 2.45) is 22.7 Å². The minimum atomic E-state index is 0.533. The Morgan fingerprint density at radius 2 is 2.00 bits per heavy atom. The maximum atomic E-state index is 4.57. The van der Waals surface area contributed by atoms with Crippen molar-refractivity contribution in [2.45, 2.75) is 57.9 Å². The van der Waals surface area contributed by atoms with Crippen molar-refractivity contribution < 1.29 is 0 Å². The van der Waals surface area contributed by atoms with Crippen LogP contribution in [0.15, 0.2) is 24.4 Å². The van der Waals surface area contributed by atoms with Gasteiger partial charge in [-0.3, -0.25) is 4.98 Å². The minimum Gasteiger partial charge on any atom is -0.316 e. The van der Waals surface area contributed by atoms with E-state index in [1.807, 2.05) is 12.3 Å². The predicted octanol–water partition coefficient (Wildman–Crippen LogP) is 3.82. The Bertz CT molecular complexity index is 496. The lowest BCUT2D eigenvalue weighted by Crippen LogP contribution is -2.58. The molecule has 5 rings (SSSR count). The number of nitrogens with zero attached hydrogens (tertiary/aromatic N) is 1. The summed E-state index contributed by atoms with van der Waals surface area (Å²) in [6.45, 7) is 2.56. The van der Waals surface area contributed by atoms with Crippen molar-refractivity contribution in [1.82, 2.24) is 10.3 Å². The lowest BCUT2D eigenvalue weighted by molar-refractivity contribution is -0.117. The fraction of sp³-hybridized carbons (Fsp3) is 0.737. The first-order chi connectivity index (χ1) is 10.1. The van der Waals surface area contributed by atoms with Gasteiger partial charge in [-0.2, -0.15) is 0 Å². The van der Waals surface area contributed by atoms with E-state index in [2.05, 4.69) is 36.4 Å². The third-order valence-electron chi connectivity index (χ3n) is 6.63. The number of aromatic nitrogens is 1. The molecule has 4 bridgehead atoms. The molecule has 21 heavy (non-hydrogen) atoms. The molecule has 1 aromatic heterocycles. The summed E-state index contributed by atoms with van der Waals surface area (Å²) < 4.78 is 0. The van der Waals surface area contributed by atoms with Crippen LogP contribution >= 0.6 is 0 Å². The van der Waals surface area contributed by atoms with Crippen LogP contribution in [-0.4, -0.2) is 18.1 Å². The molecule has 4 aliphatic rings. The molecule has 4 aliphatic carbocycles. The zero-order chi connectivity index (χ0) is 14.5. The second-order valence-electron chi connectivity index (χ2n) is 8.50. The number of hydrogen-bond acceptors (Lipinski definition) is 2. The highest BCUT2D eigenvalue weighted by Crippen LogP contribution is 2.66. The van der Waals surface area contributed by atoms with Gasteiger partial charge < -0.3 is 5.32 Å². The van der Waals surface area contributed by atoms with Gasteiger partial charge >= 0.3 is 0 Å². The zero-order valence-electron chi connectivity index (χ0n) is 13.4. The molecule has 4 saturated carbocycles. The SMILES string of the molecule is CNC(Cc1ccccn1)C12CC3CC(CC(C)(C3)C1)C2. The first-order valence-electron chi connectivity index (χ1n) is 8.68. The first kappa shape index (κ1) is 13.8. The van der Waals surface area contributed by atoms with Crippen molar-refractivity contribution in [3.05, 3.63) is 30.1 Å². The van der Waals surface area contributed by atoms with Gasteiger partial charge in [0.25, 0.3) is 0 Å². The summed E-state index contributed by atoms with van der Waals surface area (Å²) in [5.74, 6) is 1.99. The quantitative estimate of drug-likeness (QED) is 0.909. The number of likely N-dealkylation sites (N-methyl/N-ethyl adjacent to an activating group) is 1. The van der Waals surface area contributed by atoms with Crippen molar-refractivity contribution >= 4 is 0 Å². The van der Waals surface area contributed by atoms with Gasteiger partial charge in [-0.25, -0.2) is 0 Å². The summed E-state index contributed by atoms with van der Waals surface area (Å²) in [7, 11) is 2.16. The molecule has 0 radical (unpaired) electrons. The van der Waals surface area contributed by atoms with Crippen LogP contribution < -0.4 is 5.32 Å². The molecule has 3 atom stereocenters. The van der Waals surface area contributed by atoms with Gasteiger partial charge in [0, 0.05) is 24.4 Å². The predicted molar refractivity (Wildman–Crippen MR) is 86.0 cm³/mol. The van der Waals surface area contributed by atoms with Crippen molar-refractivity contribution in [2.75, 3.05) is 7.05 Å². The number of rotatable bonds is 4. The number of pyridine rings is 1. The average molecular weight is 284 g/mol. The molecule has 1 N–H and O–H groups in total. The van der Waals surface area contributed by atoms with Gasteiger partial charge in [-0.1, -0.05) is 13.0 Å². The maximum Gasteiger partial charge on any atom is 0.0419 e. The average Bonchev–Trinajstić information content (AvgIpc) is 2.43. The second kappa shape index (κ2) is 4.81. The molecule has 2 nitrogen and oxygen atoms in total. The molecule has 0 aliphatic heterocycles. The molecule has 114 valence electrons. The van der Waals surface area contributed by atoms with Crippen LogP contribution in [-0.2, 0) is 6.42 Å². The van der Waals surface area contributed by atoms with Crippen LogP contribution in [0.1, 0.15) is 51.1 Å². The highest BCUT2D eigenvalue weighted by atomic mass is 14.9. The van der Waals surface area contributed by atoms with E-state index < -0.39 is 0 Å². The number of hydrogen-bond donors (Lipinski definition) is 1. The standard InChI is InChI=1S/C19H28N2/c1-18-9-14-7-15(10-18)12-19(11-14,13-18)17(20-2)8-16-5-3-4-6-21-16/h3-6,14-15,17,20H,7-13H2,1-2H3. The van der Waals surface area contributed by atoms with Gasteiger partial charge in [0.1, 0.15) is 0 Å². The monoisotopic (exact) mass is 284 g/mol. The van der Waals surface area contributed by atoms with E-state index in [0.29, 0.717) is 16.9 Å². The Kier molecular flexibility index (Phi) is 3.15. The third-order valence-corrected chi connectivity index (χ3v) is 6.63. The van der Waals surface area contributed by atoms with Crippen LogP contribution in [0.5, 0.6) is 0 Å². The Morgan fingerprint density at radius 1 is 1.24 bits per heavy atom. The van der Waals surface area contributed by atoms with Crippen LogP contribution in [0.2, 0.25) is 0 Å². The molecule has 0 aromatic carbocycles. The van der Waals surface area contributed by atoms with Gasteiger partial charge in [0.05, 0.1) is 0 Å². The van der Waals surface area contributed by atoms with Gasteiger partial charge in [0.15, 0.2) is 0 Å². The maximum absolute atomic E-state index is 4.57. The fourth-order valence-corrected chi connectivity index (χ4v) is 6.56. The molecule has 0 spiro atoms. The lowest BCUT2D eigenvalue weighted by atomic mass is 9.43. The van der Waals surface area contributed by atoms with Crippen LogP contribution in [0.25, 0.3) is 0 Å². The van der Waals surface area contributed by atoms with E-state index in [4.69, 9.17) is 0 Å². The van der Waals surface area contributed by atoms with Gasteiger partial charge in [-0.15, -0.1) is 0 Å². The molecule has 0 amide bonds. The molecular weight excluding hydrogens is 256 g/mol. The molecule has 0 saturated heterocycles. The molecule has 1 heterocycles. The molecule has 1 aromatic rings. The van der Waals surface area contributed by atoms with Crippen LogP contribution in [0.3, 0.4) is 0 Å². The first-order valence-corrected chi connectivity index (χ1v) is 8.68. The van der Waals surface area contributed by atoms with E-state index >= 15 is 0 Å². The highest BCUT2D eigenvalue weighted by Gasteiger charge is 2.57. The Hall–Kier alpha value is -0.890. The van der Waals surface area contributed by atoms with E-state index in [1.54, 1.807) is 0 Å². The smallest absolute Gasteiger partial charge is 0.0419 e. The minimum absolute atomic E-state index is 0.533. The van der Waals surface area contributed by atoms with E-state index in [9.17, 15) is 0 Å². The fourth-order valence-electron chi connectivity index (χ4n) is 6.56. The summed E-state index contributed by atoms with van der Waals surface area (Å²) in [6, 6.07) is 6.92. The van der Waals surface area contributed by atoms with Crippen molar-refractivity contribution in [3.8, 4) is 0 Å². The summed E-state index contributed by atoms with van der Waals surface area (Å²) in [6.07, 6.45) is 11.9. The Morgan fingerprint density at radius 3 is 2.57 bits per heavy atom. The molecular formula is C19H28N2. The zero-order valence-corrected chi connectivity index (χ0v) is 13.4. The second-order valence-corrected chi connectivity index (χ2v) is 8.50. The normalized spacial score (nSPS) is 42.2. The van der Waals surface area contributed by atoms with Crippen LogP contribution in [0.4, 0.5) is 0 Å². The largest absolute Gasteiger partial charge is 0.316 e. The molecule has 3 unspecified atom stereocenters. The molecule has 2 heteroatoms. The van der Waals surface area contributed by atoms with Crippen LogP contribution in [0, 0.1) is 22.7 Å². The summed E-state index contributed by atoms with van der Waals surface area (Å²) in [5.41, 5.74) is 2.41. The van der Waals surface area contributed by atoms with E-state index in [1.165, 1.54) is 44.2 Å². The van der Waals surface area contributed by atoms with Crippen molar-refractivity contribution in [3.63, 3.8) is 0 Å². The van der Waals surface area contributed by atoms with E-state index in [0.717, 1.165) is 18.3 Å². The van der Waals surface area contributed by atoms with E-state index in [-0.39, 0.29) is 0 Å². The van der Waals surface area contributed by atoms with Gasteiger partial charge in [-0.05, 0) is 80.4 Å². The number of nitrogens with one attached hydrogen (secondary N) is 1. The lowest BCUT2D eigenvalue weighted by Gasteiger charge is -2.63. The topological polar surface area (TPSA) is 24.9 Å². The summed E-state index contributed by atoms with van der Waals surface area (Å²) >= 11 is 0. The van der Waals surface area contributed by atoms with Gasteiger partial charge in [0.2, 0.25) is 0 Å². The Labute approximate surface area is 128 Å². The summed E-state index contributed by atoms with van der Waals surface area (Å²) in [5, 5.41) is 3.68. The Balaban J connectivity index is 1.61. The third kappa shape index (κ3) is 2.32.